The molecule has 2 aromatic rings. The van der Waals surface area contributed by atoms with Crippen LogP contribution >= 0.6 is 15.9 Å². The van der Waals surface area contributed by atoms with Crippen molar-refractivity contribution >= 4 is 15.9 Å². The van der Waals surface area contributed by atoms with E-state index in [0.717, 1.165) is 15.8 Å². The first kappa shape index (κ1) is 13.1. The molecule has 0 saturated carbocycles. The van der Waals surface area contributed by atoms with Gasteiger partial charge in [0.1, 0.15) is 5.82 Å². The standard InChI is InChI=1S/C13H14BrFN2O/c1-9(2)18-13-6-16-17(8-13)7-10-3-11(14)5-12(15)4-10/h3-6,8-9H,7H2,1-2H3. The molecule has 18 heavy (non-hydrogen) atoms. The van der Waals surface area contributed by atoms with Gasteiger partial charge in [0.25, 0.3) is 0 Å². The molecule has 0 unspecified atom stereocenters. The summed E-state index contributed by atoms with van der Waals surface area (Å²) in [7, 11) is 0. The lowest BCUT2D eigenvalue weighted by Gasteiger charge is -2.06. The van der Waals surface area contributed by atoms with E-state index in [9.17, 15) is 4.39 Å². The minimum absolute atomic E-state index is 0.117. The maximum absolute atomic E-state index is 13.2. The molecule has 2 rings (SSSR count). The zero-order valence-electron chi connectivity index (χ0n) is 10.2. The minimum Gasteiger partial charge on any atom is -0.488 e. The van der Waals surface area contributed by atoms with Gasteiger partial charge in [-0.2, -0.15) is 5.10 Å². The number of halogens is 2. The zero-order chi connectivity index (χ0) is 13.1. The summed E-state index contributed by atoms with van der Waals surface area (Å²) in [5.41, 5.74) is 0.848. The lowest BCUT2D eigenvalue weighted by molar-refractivity contribution is 0.242. The number of benzene rings is 1. The summed E-state index contributed by atoms with van der Waals surface area (Å²) in [6.07, 6.45) is 3.58. The van der Waals surface area contributed by atoms with Crippen LogP contribution in [0.4, 0.5) is 4.39 Å². The first-order valence-electron chi connectivity index (χ1n) is 5.67. The van der Waals surface area contributed by atoms with Gasteiger partial charge in [-0.1, -0.05) is 15.9 Å². The van der Waals surface area contributed by atoms with Gasteiger partial charge in [-0.15, -0.1) is 0 Å². The first-order valence-corrected chi connectivity index (χ1v) is 6.46. The van der Waals surface area contributed by atoms with E-state index in [1.807, 2.05) is 19.9 Å². The van der Waals surface area contributed by atoms with Gasteiger partial charge in [0.05, 0.1) is 25.0 Å². The second-order valence-electron chi connectivity index (χ2n) is 4.32. The molecule has 0 radical (unpaired) electrons. The van der Waals surface area contributed by atoms with Crippen LogP contribution in [0.3, 0.4) is 0 Å². The smallest absolute Gasteiger partial charge is 0.157 e. The molecule has 1 heterocycles. The molecule has 3 nitrogen and oxygen atoms in total. The number of nitrogens with zero attached hydrogens (tertiary/aromatic N) is 2. The van der Waals surface area contributed by atoms with Gasteiger partial charge in [-0.25, -0.2) is 4.39 Å². The van der Waals surface area contributed by atoms with Gasteiger partial charge in [0.2, 0.25) is 0 Å². The molecular formula is C13H14BrFN2O. The van der Waals surface area contributed by atoms with Crippen molar-refractivity contribution in [3.05, 3.63) is 46.4 Å². The van der Waals surface area contributed by atoms with E-state index < -0.39 is 0 Å². The average molecular weight is 313 g/mol. The Balaban J connectivity index is 2.11. The van der Waals surface area contributed by atoms with Gasteiger partial charge in [0.15, 0.2) is 5.75 Å². The van der Waals surface area contributed by atoms with Crippen LogP contribution in [-0.2, 0) is 6.54 Å². The molecular weight excluding hydrogens is 299 g/mol. The summed E-state index contributed by atoms with van der Waals surface area (Å²) in [5.74, 6) is 0.464. The van der Waals surface area contributed by atoms with Gasteiger partial charge in [0, 0.05) is 4.47 Å². The van der Waals surface area contributed by atoms with E-state index in [1.54, 1.807) is 17.1 Å². The van der Waals surface area contributed by atoms with E-state index in [0.29, 0.717) is 6.54 Å². The predicted octanol–water partition coefficient (Wildman–Crippen LogP) is 3.62. The third-order valence-corrected chi connectivity index (χ3v) is 2.71. The summed E-state index contributed by atoms with van der Waals surface area (Å²) in [5, 5.41) is 4.18. The van der Waals surface area contributed by atoms with Crippen LogP contribution in [0.15, 0.2) is 35.1 Å². The molecule has 0 aliphatic rings. The molecule has 0 saturated heterocycles. The van der Waals surface area contributed by atoms with Crippen molar-refractivity contribution in [2.75, 3.05) is 0 Å². The van der Waals surface area contributed by atoms with Crippen LogP contribution in [0.5, 0.6) is 5.75 Å². The van der Waals surface area contributed by atoms with E-state index in [4.69, 9.17) is 4.74 Å². The Morgan fingerprint density at radius 3 is 2.83 bits per heavy atom. The van der Waals surface area contributed by atoms with Crippen molar-refractivity contribution in [3.8, 4) is 5.75 Å². The zero-order valence-corrected chi connectivity index (χ0v) is 11.8. The quantitative estimate of drug-likeness (QED) is 0.862. The van der Waals surface area contributed by atoms with Crippen molar-refractivity contribution in [1.29, 1.82) is 0 Å². The minimum atomic E-state index is -0.259. The van der Waals surface area contributed by atoms with Crippen LogP contribution in [0.1, 0.15) is 19.4 Å². The maximum Gasteiger partial charge on any atom is 0.157 e. The van der Waals surface area contributed by atoms with Crippen molar-refractivity contribution in [2.45, 2.75) is 26.5 Å². The third kappa shape index (κ3) is 3.57. The van der Waals surface area contributed by atoms with E-state index in [2.05, 4.69) is 21.0 Å². The summed E-state index contributed by atoms with van der Waals surface area (Å²) >= 11 is 3.27. The SMILES string of the molecule is CC(C)Oc1cnn(Cc2cc(F)cc(Br)c2)c1. The second kappa shape index (κ2) is 5.52. The number of aromatic nitrogens is 2. The predicted molar refractivity (Wildman–Crippen MR) is 71.2 cm³/mol. The fraction of sp³-hybridized carbons (Fsp3) is 0.308. The Labute approximate surface area is 114 Å². The highest BCUT2D eigenvalue weighted by atomic mass is 79.9. The normalized spacial score (nSPS) is 10.9. The fourth-order valence-corrected chi connectivity index (χ4v) is 2.17. The average Bonchev–Trinajstić information content (AvgIpc) is 2.62. The molecule has 0 N–H and O–H groups in total. The van der Waals surface area contributed by atoms with Crippen LogP contribution in [0.25, 0.3) is 0 Å². The third-order valence-electron chi connectivity index (χ3n) is 2.25. The van der Waals surface area contributed by atoms with Gasteiger partial charge < -0.3 is 4.74 Å². The lowest BCUT2D eigenvalue weighted by Crippen LogP contribution is -2.05. The molecule has 96 valence electrons. The number of hydrogen-bond acceptors (Lipinski definition) is 2. The molecule has 0 aliphatic carbocycles. The highest BCUT2D eigenvalue weighted by Gasteiger charge is 2.04. The fourth-order valence-electron chi connectivity index (χ4n) is 1.65. The molecule has 5 heteroatoms. The second-order valence-corrected chi connectivity index (χ2v) is 5.23. The molecule has 0 atom stereocenters. The number of ether oxygens (including phenoxy) is 1. The molecule has 0 amide bonds. The Morgan fingerprint density at radius 1 is 1.39 bits per heavy atom. The molecule has 1 aromatic carbocycles. The topological polar surface area (TPSA) is 27.1 Å². The van der Waals surface area contributed by atoms with Crippen LogP contribution in [0.2, 0.25) is 0 Å². The maximum atomic E-state index is 13.2. The van der Waals surface area contributed by atoms with E-state index >= 15 is 0 Å². The Kier molecular flexibility index (Phi) is 4.01. The van der Waals surface area contributed by atoms with Crippen LogP contribution in [0, 0.1) is 5.82 Å². The van der Waals surface area contributed by atoms with Crippen molar-refractivity contribution in [2.24, 2.45) is 0 Å². The number of hydrogen-bond donors (Lipinski definition) is 0. The molecule has 1 aromatic heterocycles. The summed E-state index contributed by atoms with van der Waals surface area (Å²) < 4.78 is 21.2. The van der Waals surface area contributed by atoms with Crippen LogP contribution < -0.4 is 4.74 Å². The van der Waals surface area contributed by atoms with Crippen molar-refractivity contribution in [3.63, 3.8) is 0 Å². The van der Waals surface area contributed by atoms with Gasteiger partial charge in [-0.3, -0.25) is 4.68 Å². The Morgan fingerprint density at radius 2 is 2.17 bits per heavy atom. The van der Waals surface area contributed by atoms with E-state index in [-0.39, 0.29) is 11.9 Å². The summed E-state index contributed by atoms with van der Waals surface area (Å²) in [6, 6.07) is 4.79. The molecule has 0 aliphatic heterocycles. The molecule has 0 bridgehead atoms. The molecule has 0 spiro atoms. The van der Waals surface area contributed by atoms with E-state index in [1.165, 1.54) is 12.1 Å². The molecule has 0 fully saturated rings. The monoisotopic (exact) mass is 312 g/mol. The Bertz CT molecular complexity index is 519. The highest BCUT2D eigenvalue weighted by molar-refractivity contribution is 9.10. The van der Waals surface area contributed by atoms with Crippen molar-refractivity contribution in [1.82, 2.24) is 9.78 Å². The van der Waals surface area contributed by atoms with Gasteiger partial charge >= 0.3 is 0 Å². The first-order chi connectivity index (χ1) is 8.52. The highest BCUT2D eigenvalue weighted by Crippen LogP contribution is 2.17. The summed E-state index contributed by atoms with van der Waals surface area (Å²) in [6.45, 7) is 4.43. The summed E-state index contributed by atoms with van der Waals surface area (Å²) in [4.78, 5) is 0. The van der Waals surface area contributed by atoms with Crippen molar-refractivity contribution < 1.29 is 9.13 Å². The largest absolute Gasteiger partial charge is 0.488 e. The number of rotatable bonds is 4. The van der Waals surface area contributed by atoms with Crippen LogP contribution in [-0.4, -0.2) is 15.9 Å². The van der Waals surface area contributed by atoms with Gasteiger partial charge in [-0.05, 0) is 37.6 Å². The lowest BCUT2D eigenvalue weighted by atomic mass is 10.2. The Hall–Kier alpha value is -1.36.